The molecule has 0 saturated heterocycles. The van der Waals surface area contributed by atoms with Crippen LogP contribution < -0.4 is 0 Å². The number of rotatable bonds is 0. The Balaban J connectivity index is 2.54. The fourth-order valence-corrected chi connectivity index (χ4v) is 1.74. The maximum absolute atomic E-state index is 12.6. The monoisotopic (exact) mass is 198 g/mol. The smallest absolute Gasteiger partial charge is 0.166 e. The van der Waals surface area contributed by atoms with Gasteiger partial charge in [0.2, 0.25) is 0 Å². The zero-order chi connectivity index (χ0) is 10.2. The Kier molecular flexibility index (Phi) is 2.10. The molecule has 0 nitrogen and oxygen atoms in total. The molecule has 74 valence electrons. The highest BCUT2D eigenvalue weighted by Gasteiger charge is 2.33. The molecule has 0 heterocycles. The Morgan fingerprint density at radius 1 is 1.00 bits per heavy atom. The molecule has 3 heteroatoms. The summed E-state index contributed by atoms with van der Waals surface area (Å²) in [6, 6.07) is 4.38. The van der Waals surface area contributed by atoms with Crippen LogP contribution in [0.25, 0.3) is 0 Å². The highest BCUT2D eigenvalue weighted by Crippen LogP contribution is 2.34. The first-order chi connectivity index (χ1) is 6.59. The lowest BCUT2D eigenvalue weighted by Crippen LogP contribution is -2.12. The van der Waals surface area contributed by atoms with Gasteiger partial charge in [0, 0.05) is 0 Å². The van der Waals surface area contributed by atoms with Gasteiger partial charge in [-0.2, -0.15) is 13.2 Å². The van der Waals surface area contributed by atoms with E-state index in [1.807, 2.05) is 6.08 Å². The number of alkyl halides is 3. The molecule has 0 spiro atoms. The SMILES string of the molecule is FC(F)(F)c1cccc2c1CC=CC2. The molecule has 0 saturated carbocycles. The van der Waals surface area contributed by atoms with E-state index in [1.165, 1.54) is 6.07 Å². The second kappa shape index (κ2) is 3.15. The average molecular weight is 198 g/mol. The third-order valence-corrected chi connectivity index (χ3v) is 2.40. The van der Waals surface area contributed by atoms with Gasteiger partial charge >= 0.3 is 6.18 Å². The topological polar surface area (TPSA) is 0 Å². The van der Waals surface area contributed by atoms with Crippen molar-refractivity contribution in [3.63, 3.8) is 0 Å². The van der Waals surface area contributed by atoms with Gasteiger partial charge in [-0.15, -0.1) is 0 Å². The normalized spacial score (nSPS) is 15.4. The van der Waals surface area contributed by atoms with Crippen LogP contribution in [-0.4, -0.2) is 0 Å². The van der Waals surface area contributed by atoms with Gasteiger partial charge in [0.1, 0.15) is 0 Å². The van der Waals surface area contributed by atoms with Gasteiger partial charge in [-0.1, -0.05) is 24.3 Å². The summed E-state index contributed by atoms with van der Waals surface area (Å²) in [7, 11) is 0. The van der Waals surface area contributed by atoms with Gasteiger partial charge in [0.15, 0.2) is 0 Å². The first kappa shape index (κ1) is 9.31. The van der Waals surface area contributed by atoms with Crippen molar-refractivity contribution in [1.82, 2.24) is 0 Å². The lowest BCUT2D eigenvalue weighted by atomic mass is 9.92. The Hall–Kier alpha value is -1.25. The van der Waals surface area contributed by atoms with Crippen molar-refractivity contribution in [3.8, 4) is 0 Å². The van der Waals surface area contributed by atoms with Crippen LogP contribution in [0.2, 0.25) is 0 Å². The highest BCUT2D eigenvalue weighted by atomic mass is 19.4. The molecule has 0 unspecified atom stereocenters. The largest absolute Gasteiger partial charge is 0.416 e. The van der Waals surface area contributed by atoms with Crippen molar-refractivity contribution in [2.45, 2.75) is 19.0 Å². The van der Waals surface area contributed by atoms with E-state index in [4.69, 9.17) is 0 Å². The third kappa shape index (κ3) is 1.54. The average Bonchev–Trinajstić information content (AvgIpc) is 2.15. The summed E-state index contributed by atoms with van der Waals surface area (Å²) in [6.45, 7) is 0. The van der Waals surface area contributed by atoms with Crippen molar-refractivity contribution in [2.75, 3.05) is 0 Å². The highest BCUT2D eigenvalue weighted by molar-refractivity contribution is 5.41. The Morgan fingerprint density at radius 2 is 1.71 bits per heavy atom. The van der Waals surface area contributed by atoms with Crippen LogP contribution in [0.3, 0.4) is 0 Å². The zero-order valence-corrected chi connectivity index (χ0v) is 7.43. The molecule has 1 aromatic rings. The van der Waals surface area contributed by atoms with Crippen LogP contribution in [0.5, 0.6) is 0 Å². The van der Waals surface area contributed by atoms with Gasteiger partial charge in [0.25, 0.3) is 0 Å². The standard InChI is InChI=1S/C11H9F3/c12-11(13,14)10-7-3-5-8-4-1-2-6-9(8)10/h1-3,5,7H,4,6H2. The minimum absolute atomic E-state index is 0.394. The summed E-state index contributed by atoms with van der Waals surface area (Å²) in [4.78, 5) is 0. The van der Waals surface area contributed by atoms with Gasteiger partial charge in [-0.3, -0.25) is 0 Å². The second-order valence-corrected chi connectivity index (χ2v) is 3.32. The van der Waals surface area contributed by atoms with E-state index in [1.54, 1.807) is 12.1 Å². The minimum Gasteiger partial charge on any atom is -0.166 e. The van der Waals surface area contributed by atoms with Gasteiger partial charge in [0.05, 0.1) is 5.56 Å². The Bertz CT molecular complexity index is 375. The molecule has 0 atom stereocenters. The maximum Gasteiger partial charge on any atom is 0.416 e. The fraction of sp³-hybridized carbons (Fsp3) is 0.273. The lowest BCUT2D eigenvalue weighted by Gasteiger charge is -2.17. The summed E-state index contributed by atoms with van der Waals surface area (Å²) in [5, 5.41) is 0. The van der Waals surface area contributed by atoms with E-state index in [0.29, 0.717) is 18.4 Å². The maximum atomic E-state index is 12.6. The molecule has 1 aliphatic carbocycles. The van der Waals surface area contributed by atoms with Crippen LogP contribution in [0, 0.1) is 0 Å². The molecule has 1 aromatic carbocycles. The van der Waals surface area contributed by atoms with Crippen LogP contribution in [0.15, 0.2) is 30.4 Å². The Labute approximate surface area is 80.1 Å². The van der Waals surface area contributed by atoms with Crippen LogP contribution in [0.1, 0.15) is 16.7 Å². The molecule has 0 N–H and O–H groups in total. The number of hydrogen-bond acceptors (Lipinski definition) is 0. The van der Waals surface area contributed by atoms with Gasteiger partial charge < -0.3 is 0 Å². The molecule has 1 aliphatic rings. The number of fused-ring (bicyclic) bond motifs is 1. The fourth-order valence-electron chi connectivity index (χ4n) is 1.74. The zero-order valence-electron chi connectivity index (χ0n) is 7.43. The summed E-state index contributed by atoms with van der Waals surface area (Å²) < 4.78 is 37.7. The first-order valence-corrected chi connectivity index (χ1v) is 4.42. The van der Waals surface area contributed by atoms with Gasteiger partial charge in [-0.25, -0.2) is 0 Å². The molecular weight excluding hydrogens is 189 g/mol. The quantitative estimate of drug-likeness (QED) is 0.561. The van der Waals surface area contributed by atoms with Crippen molar-refractivity contribution < 1.29 is 13.2 Å². The molecular formula is C11H9F3. The number of allylic oxidation sites excluding steroid dienone is 2. The summed E-state index contributed by atoms with van der Waals surface area (Å²) in [5.74, 6) is 0. The second-order valence-electron chi connectivity index (χ2n) is 3.32. The van der Waals surface area contributed by atoms with E-state index >= 15 is 0 Å². The lowest BCUT2D eigenvalue weighted by molar-refractivity contribution is -0.138. The van der Waals surface area contributed by atoms with Crippen LogP contribution >= 0.6 is 0 Å². The Morgan fingerprint density at radius 3 is 2.43 bits per heavy atom. The third-order valence-electron chi connectivity index (χ3n) is 2.40. The molecule has 14 heavy (non-hydrogen) atoms. The number of hydrogen-bond donors (Lipinski definition) is 0. The molecule has 0 aromatic heterocycles. The van der Waals surface area contributed by atoms with Crippen LogP contribution in [-0.2, 0) is 19.0 Å². The predicted molar refractivity (Wildman–Crippen MR) is 48.0 cm³/mol. The van der Waals surface area contributed by atoms with E-state index < -0.39 is 11.7 Å². The van der Waals surface area contributed by atoms with Crippen molar-refractivity contribution in [2.24, 2.45) is 0 Å². The predicted octanol–water partition coefficient (Wildman–Crippen LogP) is 3.36. The van der Waals surface area contributed by atoms with Crippen molar-refractivity contribution in [3.05, 3.63) is 47.0 Å². The number of benzene rings is 1. The summed E-state index contributed by atoms with van der Waals surface area (Å²) in [5.41, 5.74) is 0.740. The van der Waals surface area contributed by atoms with E-state index in [-0.39, 0.29) is 0 Å². The molecule has 2 rings (SSSR count). The summed E-state index contributed by atoms with van der Waals surface area (Å²) in [6.07, 6.45) is 0.473. The van der Waals surface area contributed by atoms with Gasteiger partial charge in [-0.05, 0) is 30.0 Å². The van der Waals surface area contributed by atoms with E-state index in [2.05, 4.69) is 0 Å². The van der Waals surface area contributed by atoms with E-state index in [0.717, 1.165) is 11.6 Å². The molecule has 0 bridgehead atoms. The van der Waals surface area contributed by atoms with Crippen molar-refractivity contribution in [1.29, 1.82) is 0 Å². The van der Waals surface area contributed by atoms with Crippen LogP contribution in [0.4, 0.5) is 13.2 Å². The summed E-state index contributed by atoms with van der Waals surface area (Å²) >= 11 is 0. The first-order valence-electron chi connectivity index (χ1n) is 4.42. The van der Waals surface area contributed by atoms with E-state index in [9.17, 15) is 13.2 Å². The minimum atomic E-state index is -4.23. The molecule has 0 radical (unpaired) electrons. The molecule has 0 aliphatic heterocycles. The molecule has 0 fully saturated rings. The van der Waals surface area contributed by atoms with Crippen molar-refractivity contribution >= 4 is 0 Å². The molecule has 0 amide bonds. The number of halogens is 3.